The molecule has 19 heavy (non-hydrogen) atoms. The molecule has 106 valence electrons. The third-order valence-electron chi connectivity index (χ3n) is 3.98. The lowest BCUT2D eigenvalue weighted by atomic mass is 10.0. The summed E-state index contributed by atoms with van der Waals surface area (Å²) in [5, 5.41) is 20.4. The van der Waals surface area contributed by atoms with Gasteiger partial charge in [-0.05, 0) is 18.8 Å². The number of H-pyrrole nitrogens is 1. The van der Waals surface area contributed by atoms with E-state index < -0.39 is 15.6 Å². The van der Waals surface area contributed by atoms with Crippen LogP contribution in [-0.4, -0.2) is 52.1 Å². The fourth-order valence-corrected chi connectivity index (χ4v) is 4.15. The standard InChI is InChI=1S/C11H18N4O3S/c16-11(10-7-12-14-13-10)4-5-15(8-11)19(17,18)6-3-9-1-2-9/h7,9,16H,1-6,8H2,(H,12,13,14). The summed E-state index contributed by atoms with van der Waals surface area (Å²) in [6.45, 7) is 0.420. The van der Waals surface area contributed by atoms with Crippen LogP contribution >= 0.6 is 0 Å². The maximum absolute atomic E-state index is 12.2. The van der Waals surface area contributed by atoms with Gasteiger partial charge in [-0.25, -0.2) is 8.42 Å². The van der Waals surface area contributed by atoms with Crippen LogP contribution in [0.4, 0.5) is 0 Å². The summed E-state index contributed by atoms with van der Waals surface area (Å²) >= 11 is 0. The summed E-state index contributed by atoms with van der Waals surface area (Å²) in [6, 6.07) is 0. The minimum atomic E-state index is -3.26. The molecule has 1 aromatic rings. The van der Waals surface area contributed by atoms with Crippen LogP contribution in [0.25, 0.3) is 0 Å². The summed E-state index contributed by atoms with van der Waals surface area (Å²) < 4.78 is 25.8. The second-order valence-corrected chi connectivity index (χ2v) is 7.61. The zero-order valence-electron chi connectivity index (χ0n) is 10.6. The normalized spacial score (nSPS) is 28.9. The molecule has 2 aliphatic rings. The van der Waals surface area contributed by atoms with Crippen molar-refractivity contribution >= 4 is 10.0 Å². The van der Waals surface area contributed by atoms with Gasteiger partial charge in [-0.3, -0.25) is 0 Å². The van der Waals surface area contributed by atoms with Crippen molar-refractivity contribution in [1.29, 1.82) is 0 Å². The fourth-order valence-electron chi connectivity index (χ4n) is 2.48. The predicted molar refractivity (Wildman–Crippen MR) is 67.6 cm³/mol. The number of sulfonamides is 1. The van der Waals surface area contributed by atoms with Gasteiger partial charge in [0.15, 0.2) is 0 Å². The van der Waals surface area contributed by atoms with E-state index in [1.165, 1.54) is 10.5 Å². The summed E-state index contributed by atoms with van der Waals surface area (Å²) in [6.07, 6.45) is 4.85. The van der Waals surface area contributed by atoms with E-state index in [0.29, 0.717) is 24.6 Å². The predicted octanol–water partition coefficient (Wildman–Crippen LogP) is -0.172. The van der Waals surface area contributed by atoms with Crippen molar-refractivity contribution in [2.45, 2.75) is 31.3 Å². The van der Waals surface area contributed by atoms with Gasteiger partial charge in [-0.2, -0.15) is 19.7 Å². The van der Waals surface area contributed by atoms with Crippen molar-refractivity contribution in [1.82, 2.24) is 19.7 Å². The zero-order valence-corrected chi connectivity index (χ0v) is 11.4. The molecule has 1 atom stereocenters. The first-order valence-electron chi connectivity index (χ1n) is 6.56. The highest BCUT2D eigenvalue weighted by Crippen LogP contribution is 2.35. The highest BCUT2D eigenvalue weighted by atomic mass is 32.2. The number of nitrogens with zero attached hydrogens (tertiary/aromatic N) is 3. The Balaban J connectivity index is 1.67. The molecule has 1 aromatic heterocycles. The summed E-state index contributed by atoms with van der Waals surface area (Å²) in [4.78, 5) is 0. The van der Waals surface area contributed by atoms with E-state index in [4.69, 9.17) is 0 Å². The third-order valence-corrected chi connectivity index (χ3v) is 5.83. The van der Waals surface area contributed by atoms with Crippen LogP contribution in [0.1, 0.15) is 31.4 Å². The Hall–Kier alpha value is -0.990. The van der Waals surface area contributed by atoms with Crippen LogP contribution < -0.4 is 0 Å². The molecule has 1 saturated carbocycles. The quantitative estimate of drug-likeness (QED) is 0.783. The molecule has 0 spiro atoms. The Labute approximate surface area is 112 Å². The lowest BCUT2D eigenvalue weighted by molar-refractivity contribution is 0.0485. The number of hydrogen-bond donors (Lipinski definition) is 2. The number of aliphatic hydroxyl groups is 1. The van der Waals surface area contributed by atoms with Gasteiger partial charge in [0.2, 0.25) is 10.0 Å². The average molecular weight is 286 g/mol. The molecule has 2 N–H and O–H groups in total. The van der Waals surface area contributed by atoms with Gasteiger partial charge >= 0.3 is 0 Å². The average Bonchev–Trinajstić information content (AvgIpc) is 2.87. The molecule has 0 aromatic carbocycles. The highest BCUT2D eigenvalue weighted by molar-refractivity contribution is 7.89. The fraction of sp³-hybridized carbons (Fsp3) is 0.818. The van der Waals surface area contributed by atoms with E-state index in [-0.39, 0.29) is 12.3 Å². The van der Waals surface area contributed by atoms with Gasteiger partial charge in [-0.15, -0.1) is 0 Å². The smallest absolute Gasteiger partial charge is 0.214 e. The highest BCUT2D eigenvalue weighted by Gasteiger charge is 2.44. The van der Waals surface area contributed by atoms with E-state index in [1.54, 1.807) is 0 Å². The van der Waals surface area contributed by atoms with Crippen LogP contribution in [0, 0.1) is 5.92 Å². The Bertz CT molecular complexity index is 540. The van der Waals surface area contributed by atoms with Crippen molar-refractivity contribution in [3.05, 3.63) is 11.9 Å². The molecule has 2 fully saturated rings. The van der Waals surface area contributed by atoms with Gasteiger partial charge < -0.3 is 5.11 Å². The number of aromatic amines is 1. The van der Waals surface area contributed by atoms with E-state index in [0.717, 1.165) is 19.3 Å². The minimum absolute atomic E-state index is 0.0759. The SMILES string of the molecule is O=S(=O)(CCC1CC1)N1CCC(O)(c2cn[nH]n2)C1. The van der Waals surface area contributed by atoms with Crippen molar-refractivity contribution in [2.75, 3.05) is 18.8 Å². The number of hydrogen-bond acceptors (Lipinski definition) is 5. The zero-order chi connectivity index (χ0) is 13.5. The molecule has 1 aliphatic heterocycles. The third kappa shape index (κ3) is 2.65. The minimum Gasteiger partial charge on any atom is -0.382 e. The van der Waals surface area contributed by atoms with Crippen molar-refractivity contribution in [2.24, 2.45) is 5.92 Å². The summed E-state index contributed by atoms with van der Waals surface area (Å²) in [7, 11) is -3.26. The number of rotatable bonds is 5. The molecule has 2 heterocycles. The Morgan fingerprint density at radius 2 is 2.32 bits per heavy atom. The lowest BCUT2D eigenvalue weighted by Crippen LogP contribution is -2.36. The van der Waals surface area contributed by atoms with Crippen LogP contribution in [0.5, 0.6) is 0 Å². The van der Waals surface area contributed by atoms with Gasteiger partial charge in [0.1, 0.15) is 11.3 Å². The van der Waals surface area contributed by atoms with Crippen LogP contribution in [0.15, 0.2) is 6.20 Å². The van der Waals surface area contributed by atoms with E-state index >= 15 is 0 Å². The monoisotopic (exact) mass is 286 g/mol. The first-order chi connectivity index (χ1) is 9.00. The second-order valence-electron chi connectivity index (χ2n) is 5.52. The van der Waals surface area contributed by atoms with Crippen molar-refractivity contribution in [3.8, 4) is 0 Å². The van der Waals surface area contributed by atoms with Crippen LogP contribution in [0.2, 0.25) is 0 Å². The number of nitrogens with one attached hydrogen (secondary N) is 1. The first-order valence-corrected chi connectivity index (χ1v) is 8.17. The molecule has 7 nitrogen and oxygen atoms in total. The van der Waals surface area contributed by atoms with Gasteiger partial charge in [0, 0.05) is 13.1 Å². The Morgan fingerprint density at radius 1 is 1.53 bits per heavy atom. The first kappa shape index (κ1) is 13.0. The maximum atomic E-state index is 12.2. The largest absolute Gasteiger partial charge is 0.382 e. The second kappa shape index (κ2) is 4.53. The molecular weight excluding hydrogens is 268 g/mol. The molecule has 1 saturated heterocycles. The number of aromatic nitrogens is 3. The molecule has 1 aliphatic carbocycles. The van der Waals surface area contributed by atoms with Crippen molar-refractivity contribution in [3.63, 3.8) is 0 Å². The molecule has 0 amide bonds. The van der Waals surface area contributed by atoms with E-state index in [1.807, 2.05) is 0 Å². The number of β-amino-alcohol motifs (C(OH)–C–C–N with tert-alkyl or cyclic N) is 1. The summed E-state index contributed by atoms with van der Waals surface area (Å²) in [5.41, 5.74) is -0.799. The van der Waals surface area contributed by atoms with Crippen LogP contribution in [-0.2, 0) is 15.6 Å². The van der Waals surface area contributed by atoms with Crippen LogP contribution in [0.3, 0.4) is 0 Å². The molecule has 0 bridgehead atoms. The van der Waals surface area contributed by atoms with E-state index in [2.05, 4.69) is 15.4 Å². The van der Waals surface area contributed by atoms with E-state index in [9.17, 15) is 13.5 Å². The molecular formula is C11H18N4O3S. The summed E-state index contributed by atoms with van der Waals surface area (Å²) in [5.74, 6) is 0.777. The van der Waals surface area contributed by atoms with Gasteiger partial charge in [-0.1, -0.05) is 12.8 Å². The van der Waals surface area contributed by atoms with Crippen molar-refractivity contribution < 1.29 is 13.5 Å². The van der Waals surface area contributed by atoms with Gasteiger partial charge in [0.05, 0.1) is 11.9 Å². The Kier molecular flexibility index (Phi) is 3.11. The molecule has 0 radical (unpaired) electrons. The molecule has 8 heteroatoms. The molecule has 1 unspecified atom stereocenters. The maximum Gasteiger partial charge on any atom is 0.214 e. The Morgan fingerprint density at radius 3 is 2.95 bits per heavy atom. The van der Waals surface area contributed by atoms with Gasteiger partial charge in [0.25, 0.3) is 0 Å². The topological polar surface area (TPSA) is 99.2 Å². The lowest BCUT2D eigenvalue weighted by Gasteiger charge is -2.20. The molecule has 3 rings (SSSR count).